The highest BCUT2D eigenvalue weighted by molar-refractivity contribution is 6.06. The SMILES string of the molecule is Cc1cc(C(=O)NCCC(C)C)c2c(C)nn(-c3ccccc3)c2n1. The van der Waals surface area contributed by atoms with E-state index in [0.717, 1.165) is 34.5 Å². The van der Waals surface area contributed by atoms with E-state index < -0.39 is 0 Å². The zero-order valence-corrected chi connectivity index (χ0v) is 15.2. The van der Waals surface area contributed by atoms with Crippen molar-refractivity contribution in [1.82, 2.24) is 20.1 Å². The summed E-state index contributed by atoms with van der Waals surface area (Å²) in [4.78, 5) is 17.4. The normalized spacial score (nSPS) is 11.2. The maximum atomic E-state index is 12.7. The summed E-state index contributed by atoms with van der Waals surface area (Å²) < 4.78 is 1.81. The number of aryl methyl sites for hydroxylation is 2. The van der Waals surface area contributed by atoms with Crippen molar-refractivity contribution in [2.45, 2.75) is 34.1 Å². The van der Waals surface area contributed by atoms with Gasteiger partial charge >= 0.3 is 0 Å². The third-order valence-corrected chi connectivity index (χ3v) is 4.19. The number of hydrogen-bond acceptors (Lipinski definition) is 3. The largest absolute Gasteiger partial charge is 0.352 e. The molecule has 0 fully saturated rings. The molecule has 0 radical (unpaired) electrons. The van der Waals surface area contributed by atoms with Crippen LogP contribution in [0.25, 0.3) is 16.7 Å². The van der Waals surface area contributed by atoms with Crippen LogP contribution in [0.1, 0.15) is 42.0 Å². The molecule has 0 atom stereocenters. The zero-order valence-electron chi connectivity index (χ0n) is 15.2. The molecule has 1 N–H and O–H groups in total. The molecule has 2 heterocycles. The van der Waals surface area contributed by atoms with Crippen molar-refractivity contribution in [3.63, 3.8) is 0 Å². The van der Waals surface area contributed by atoms with Gasteiger partial charge in [0.05, 0.1) is 22.3 Å². The molecular formula is C20H24N4O. The lowest BCUT2D eigenvalue weighted by atomic mass is 10.1. The molecule has 2 aromatic heterocycles. The minimum absolute atomic E-state index is 0.0631. The Balaban J connectivity index is 2.06. The van der Waals surface area contributed by atoms with Crippen molar-refractivity contribution in [3.8, 4) is 5.69 Å². The van der Waals surface area contributed by atoms with Crippen molar-refractivity contribution in [1.29, 1.82) is 0 Å². The Morgan fingerprint density at radius 2 is 1.92 bits per heavy atom. The Kier molecular flexibility index (Phi) is 4.83. The van der Waals surface area contributed by atoms with E-state index in [2.05, 4.69) is 29.2 Å². The van der Waals surface area contributed by atoms with Crippen molar-refractivity contribution >= 4 is 16.9 Å². The molecule has 3 aromatic rings. The number of amides is 1. The molecule has 0 aliphatic carbocycles. The van der Waals surface area contributed by atoms with Gasteiger partial charge in [0.15, 0.2) is 5.65 Å². The number of hydrogen-bond donors (Lipinski definition) is 1. The quantitative estimate of drug-likeness (QED) is 0.770. The van der Waals surface area contributed by atoms with E-state index in [-0.39, 0.29) is 5.91 Å². The fraction of sp³-hybridized carbons (Fsp3) is 0.350. The summed E-state index contributed by atoms with van der Waals surface area (Å²) in [6, 6.07) is 11.7. The van der Waals surface area contributed by atoms with Gasteiger partial charge in [-0.25, -0.2) is 9.67 Å². The molecule has 25 heavy (non-hydrogen) atoms. The highest BCUT2D eigenvalue weighted by Crippen LogP contribution is 2.24. The van der Waals surface area contributed by atoms with Gasteiger partial charge in [0.1, 0.15) is 0 Å². The molecule has 1 aromatic carbocycles. The molecule has 3 rings (SSSR count). The van der Waals surface area contributed by atoms with Gasteiger partial charge in [-0.15, -0.1) is 0 Å². The number of aromatic nitrogens is 3. The zero-order chi connectivity index (χ0) is 18.0. The smallest absolute Gasteiger partial charge is 0.252 e. The Hall–Kier alpha value is -2.69. The standard InChI is InChI=1S/C20H24N4O/c1-13(2)10-11-21-20(25)17-12-14(3)22-19-18(17)15(4)23-24(19)16-8-6-5-7-9-16/h5-9,12-13H,10-11H2,1-4H3,(H,21,25). The number of nitrogens with one attached hydrogen (secondary N) is 1. The maximum Gasteiger partial charge on any atom is 0.252 e. The first-order valence-electron chi connectivity index (χ1n) is 8.68. The molecule has 1 amide bonds. The number of fused-ring (bicyclic) bond motifs is 1. The van der Waals surface area contributed by atoms with Crippen molar-refractivity contribution in [3.05, 3.63) is 53.3 Å². The Morgan fingerprint density at radius 3 is 2.60 bits per heavy atom. The first-order valence-corrected chi connectivity index (χ1v) is 8.68. The lowest BCUT2D eigenvalue weighted by Crippen LogP contribution is -2.25. The average Bonchev–Trinajstić information content (AvgIpc) is 2.91. The molecule has 130 valence electrons. The predicted molar refractivity (Wildman–Crippen MR) is 100 cm³/mol. The number of benzene rings is 1. The third kappa shape index (κ3) is 3.55. The maximum absolute atomic E-state index is 12.7. The Labute approximate surface area is 148 Å². The van der Waals surface area contributed by atoms with Gasteiger partial charge in [0.25, 0.3) is 5.91 Å². The van der Waals surface area contributed by atoms with Crippen LogP contribution in [-0.4, -0.2) is 27.2 Å². The van der Waals surface area contributed by atoms with Crippen LogP contribution in [0, 0.1) is 19.8 Å². The van der Waals surface area contributed by atoms with Crippen molar-refractivity contribution in [2.75, 3.05) is 6.54 Å². The summed E-state index contributed by atoms with van der Waals surface area (Å²) in [6.45, 7) is 8.79. The fourth-order valence-electron chi connectivity index (χ4n) is 2.91. The molecule has 0 saturated carbocycles. The lowest BCUT2D eigenvalue weighted by molar-refractivity contribution is 0.0953. The second-order valence-corrected chi connectivity index (χ2v) is 6.78. The molecule has 0 unspecified atom stereocenters. The number of rotatable bonds is 5. The Morgan fingerprint density at radius 1 is 1.20 bits per heavy atom. The Bertz CT molecular complexity index is 897. The fourth-order valence-corrected chi connectivity index (χ4v) is 2.91. The van der Waals surface area contributed by atoms with Crippen molar-refractivity contribution < 1.29 is 4.79 Å². The first kappa shape index (κ1) is 17.1. The van der Waals surface area contributed by atoms with Gasteiger partial charge < -0.3 is 5.32 Å². The minimum atomic E-state index is -0.0631. The van der Waals surface area contributed by atoms with E-state index >= 15 is 0 Å². The van der Waals surface area contributed by atoms with E-state index in [0.29, 0.717) is 18.0 Å². The van der Waals surface area contributed by atoms with E-state index in [1.807, 2.05) is 54.9 Å². The molecule has 0 aliphatic rings. The summed E-state index contributed by atoms with van der Waals surface area (Å²) in [5.41, 5.74) is 3.91. The van der Waals surface area contributed by atoms with Crippen LogP contribution >= 0.6 is 0 Å². The van der Waals surface area contributed by atoms with Crippen LogP contribution in [0.15, 0.2) is 36.4 Å². The van der Waals surface area contributed by atoms with Gasteiger partial charge in [-0.05, 0) is 44.4 Å². The molecule has 0 saturated heterocycles. The predicted octanol–water partition coefficient (Wildman–Crippen LogP) is 3.81. The topological polar surface area (TPSA) is 59.8 Å². The van der Waals surface area contributed by atoms with Crippen molar-refractivity contribution in [2.24, 2.45) is 5.92 Å². The molecule has 5 heteroatoms. The minimum Gasteiger partial charge on any atom is -0.352 e. The first-order chi connectivity index (χ1) is 12.0. The highest BCUT2D eigenvalue weighted by Gasteiger charge is 2.19. The van der Waals surface area contributed by atoms with E-state index in [9.17, 15) is 4.79 Å². The van der Waals surface area contributed by atoms with Gasteiger partial charge in [0.2, 0.25) is 0 Å². The molecular weight excluding hydrogens is 312 g/mol. The molecule has 0 spiro atoms. The van der Waals surface area contributed by atoms with Gasteiger partial charge in [-0.3, -0.25) is 4.79 Å². The molecule has 0 bridgehead atoms. The average molecular weight is 336 g/mol. The second kappa shape index (κ2) is 7.05. The van der Waals surface area contributed by atoms with Crippen LogP contribution in [0.3, 0.4) is 0 Å². The molecule has 0 aliphatic heterocycles. The van der Waals surface area contributed by atoms with Crippen LogP contribution in [-0.2, 0) is 0 Å². The van der Waals surface area contributed by atoms with Crippen LogP contribution in [0.5, 0.6) is 0 Å². The van der Waals surface area contributed by atoms with Gasteiger partial charge in [-0.2, -0.15) is 5.10 Å². The van der Waals surface area contributed by atoms with Gasteiger partial charge in [-0.1, -0.05) is 32.0 Å². The second-order valence-electron chi connectivity index (χ2n) is 6.78. The summed E-state index contributed by atoms with van der Waals surface area (Å²) in [6.07, 6.45) is 0.960. The van der Waals surface area contributed by atoms with Crippen LogP contribution in [0.2, 0.25) is 0 Å². The molecule has 5 nitrogen and oxygen atoms in total. The van der Waals surface area contributed by atoms with Crippen LogP contribution in [0.4, 0.5) is 0 Å². The lowest BCUT2D eigenvalue weighted by Gasteiger charge is -2.09. The number of carbonyl (C=O) groups excluding carboxylic acids is 1. The summed E-state index contributed by atoms with van der Waals surface area (Å²) in [7, 11) is 0. The number of carbonyl (C=O) groups is 1. The highest BCUT2D eigenvalue weighted by atomic mass is 16.1. The van der Waals surface area contributed by atoms with Crippen LogP contribution < -0.4 is 5.32 Å². The van der Waals surface area contributed by atoms with Gasteiger partial charge in [0, 0.05) is 12.2 Å². The summed E-state index contributed by atoms with van der Waals surface area (Å²) in [5, 5.41) is 8.47. The van der Waals surface area contributed by atoms with E-state index in [1.165, 1.54) is 0 Å². The number of nitrogens with zero attached hydrogens (tertiary/aromatic N) is 3. The number of pyridine rings is 1. The number of para-hydroxylation sites is 1. The van der Waals surface area contributed by atoms with E-state index in [1.54, 1.807) is 0 Å². The third-order valence-electron chi connectivity index (χ3n) is 4.19. The summed E-state index contributed by atoms with van der Waals surface area (Å²) >= 11 is 0. The van der Waals surface area contributed by atoms with E-state index in [4.69, 9.17) is 0 Å². The summed E-state index contributed by atoms with van der Waals surface area (Å²) in [5.74, 6) is 0.494. The monoisotopic (exact) mass is 336 g/mol.